The Morgan fingerprint density at radius 2 is 1.95 bits per heavy atom. The van der Waals surface area contributed by atoms with E-state index in [4.69, 9.17) is 0 Å². The van der Waals surface area contributed by atoms with Gasteiger partial charge in [0.25, 0.3) is 0 Å². The third-order valence-electron chi connectivity index (χ3n) is 3.55. The summed E-state index contributed by atoms with van der Waals surface area (Å²) in [5.41, 5.74) is 0.164. The highest BCUT2D eigenvalue weighted by Gasteiger charge is 2.33. The third-order valence-corrected chi connectivity index (χ3v) is 4.79. The molecule has 2 rings (SSSR count). The Balaban J connectivity index is 2.34. The molecule has 0 aromatic heterocycles. The van der Waals surface area contributed by atoms with Gasteiger partial charge in [0.05, 0.1) is 11.9 Å². The molecule has 0 N–H and O–H groups in total. The van der Waals surface area contributed by atoms with Crippen molar-refractivity contribution in [2.75, 3.05) is 23.7 Å². The smallest absolute Gasteiger partial charge is 0.246 e. The molecule has 1 aliphatic heterocycles. The predicted molar refractivity (Wildman–Crippen MR) is 79.0 cm³/mol. The standard InChI is InChI=1S/C14H19FN2O3S/c1-11(14(18)16-8-3-4-9-16)17(21(2,19)20)13-7-5-6-12(15)10-13/h5-7,10-11H,3-4,8-9H2,1-2H3/t11-/m0/s1. The Morgan fingerprint density at radius 1 is 1.33 bits per heavy atom. The predicted octanol–water partition coefficient (Wildman–Crippen LogP) is 1.60. The molecule has 21 heavy (non-hydrogen) atoms. The summed E-state index contributed by atoms with van der Waals surface area (Å²) in [6, 6.07) is 4.37. The Kier molecular flexibility index (Phi) is 4.51. The lowest BCUT2D eigenvalue weighted by Crippen LogP contribution is -2.48. The van der Waals surface area contributed by atoms with Crippen LogP contribution in [0.5, 0.6) is 0 Å². The molecule has 1 atom stereocenters. The van der Waals surface area contributed by atoms with E-state index in [1.807, 2.05) is 0 Å². The van der Waals surface area contributed by atoms with Crippen molar-refractivity contribution in [1.29, 1.82) is 0 Å². The van der Waals surface area contributed by atoms with E-state index in [2.05, 4.69) is 0 Å². The van der Waals surface area contributed by atoms with Crippen LogP contribution >= 0.6 is 0 Å². The maximum atomic E-state index is 13.4. The summed E-state index contributed by atoms with van der Waals surface area (Å²) in [5.74, 6) is -0.788. The molecule has 1 fully saturated rings. The van der Waals surface area contributed by atoms with Crippen LogP contribution in [0.2, 0.25) is 0 Å². The topological polar surface area (TPSA) is 57.7 Å². The second-order valence-electron chi connectivity index (χ2n) is 5.25. The number of carbonyl (C=O) groups excluding carboxylic acids is 1. The number of hydrogen-bond donors (Lipinski definition) is 0. The van der Waals surface area contributed by atoms with Gasteiger partial charge in [-0.2, -0.15) is 0 Å². The molecule has 1 heterocycles. The van der Waals surface area contributed by atoms with E-state index in [0.29, 0.717) is 13.1 Å². The van der Waals surface area contributed by atoms with Gasteiger partial charge in [-0.25, -0.2) is 12.8 Å². The number of amides is 1. The van der Waals surface area contributed by atoms with Gasteiger partial charge in [0.2, 0.25) is 15.9 Å². The number of carbonyl (C=O) groups is 1. The first-order valence-corrected chi connectivity index (χ1v) is 8.69. The molecule has 1 aromatic rings. The van der Waals surface area contributed by atoms with Gasteiger partial charge in [0, 0.05) is 13.1 Å². The van der Waals surface area contributed by atoms with Crippen molar-refractivity contribution in [2.45, 2.75) is 25.8 Å². The minimum Gasteiger partial charge on any atom is -0.341 e. The summed E-state index contributed by atoms with van der Waals surface area (Å²) < 4.78 is 38.4. The zero-order valence-corrected chi connectivity index (χ0v) is 12.9. The van der Waals surface area contributed by atoms with Crippen LogP contribution in [0, 0.1) is 5.82 Å². The van der Waals surface area contributed by atoms with E-state index in [9.17, 15) is 17.6 Å². The summed E-state index contributed by atoms with van der Waals surface area (Å²) >= 11 is 0. The molecule has 116 valence electrons. The van der Waals surface area contributed by atoms with Crippen LogP contribution < -0.4 is 4.31 Å². The van der Waals surface area contributed by atoms with Crippen LogP contribution in [0.25, 0.3) is 0 Å². The molecule has 7 heteroatoms. The van der Waals surface area contributed by atoms with Crippen molar-refractivity contribution >= 4 is 21.6 Å². The lowest BCUT2D eigenvalue weighted by molar-refractivity contribution is -0.130. The maximum absolute atomic E-state index is 13.4. The molecule has 0 spiro atoms. The van der Waals surface area contributed by atoms with Gasteiger partial charge in [-0.15, -0.1) is 0 Å². The van der Waals surface area contributed by atoms with Crippen molar-refractivity contribution in [3.8, 4) is 0 Å². The molecule has 1 saturated heterocycles. The summed E-state index contributed by atoms with van der Waals surface area (Å²) in [7, 11) is -3.69. The van der Waals surface area contributed by atoms with E-state index in [1.54, 1.807) is 4.90 Å². The Hall–Kier alpha value is -1.63. The summed E-state index contributed by atoms with van der Waals surface area (Å²) in [6.45, 7) is 2.82. The number of benzene rings is 1. The molecule has 0 unspecified atom stereocenters. The number of likely N-dealkylation sites (tertiary alicyclic amines) is 1. The SMILES string of the molecule is C[C@@H](C(=O)N1CCCC1)N(c1cccc(F)c1)S(C)(=O)=O. The van der Waals surface area contributed by atoms with Gasteiger partial charge in [0.1, 0.15) is 11.9 Å². The van der Waals surface area contributed by atoms with E-state index >= 15 is 0 Å². The molecule has 1 aliphatic rings. The largest absolute Gasteiger partial charge is 0.341 e. The average Bonchev–Trinajstić information content (AvgIpc) is 2.90. The van der Waals surface area contributed by atoms with Crippen molar-refractivity contribution in [3.63, 3.8) is 0 Å². The van der Waals surface area contributed by atoms with Crippen LogP contribution in [-0.4, -0.2) is 44.6 Å². The first-order valence-electron chi connectivity index (χ1n) is 6.84. The van der Waals surface area contributed by atoms with Crippen molar-refractivity contribution in [3.05, 3.63) is 30.1 Å². The van der Waals surface area contributed by atoms with Crippen LogP contribution in [0.4, 0.5) is 10.1 Å². The van der Waals surface area contributed by atoms with E-state index < -0.39 is 21.9 Å². The second kappa shape index (κ2) is 6.01. The average molecular weight is 314 g/mol. The van der Waals surface area contributed by atoms with Gasteiger partial charge in [0.15, 0.2) is 0 Å². The van der Waals surface area contributed by atoms with Crippen molar-refractivity contribution < 1.29 is 17.6 Å². The maximum Gasteiger partial charge on any atom is 0.246 e. The fourth-order valence-corrected chi connectivity index (χ4v) is 3.78. The highest BCUT2D eigenvalue weighted by Crippen LogP contribution is 2.23. The number of rotatable bonds is 4. The highest BCUT2D eigenvalue weighted by atomic mass is 32.2. The van der Waals surface area contributed by atoms with Crippen LogP contribution in [0.1, 0.15) is 19.8 Å². The van der Waals surface area contributed by atoms with Crippen LogP contribution in [-0.2, 0) is 14.8 Å². The summed E-state index contributed by atoms with van der Waals surface area (Å²) in [6.07, 6.45) is 2.88. The quantitative estimate of drug-likeness (QED) is 0.848. The number of nitrogens with zero attached hydrogens (tertiary/aromatic N) is 2. The van der Waals surface area contributed by atoms with Crippen LogP contribution in [0.15, 0.2) is 24.3 Å². The van der Waals surface area contributed by atoms with Crippen LogP contribution in [0.3, 0.4) is 0 Å². The molecule has 0 radical (unpaired) electrons. The Bertz CT molecular complexity index is 627. The zero-order chi connectivity index (χ0) is 15.6. The van der Waals surface area contributed by atoms with Gasteiger partial charge >= 0.3 is 0 Å². The fraction of sp³-hybridized carbons (Fsp3) is 0.500. The number of hydrogen-bond acceptors (Lipinski definition) is 3. The molecule has 5 nitrogen and oxygen atoms in total. The monoisotopic (exact) mass is 314 g/mol. The highest BCUT2D eigenvalue weighted by molar-refractivity contribution is 7.92. The molecule has 0 saturated carbocycles. The van der Waals surface area contributed by atoms with Gasteiger partial charge < -0.3 is 4.90 Å². The minimum atomic E-state index is -3.69. The molecule has 1 amide bonds. The van der Waals surface area contributed by atoms with Crippen molar-refractivity contribution in [1.82, 2.24) is 4.90 Å². The number of halogens is 1. The fourth-order valence-electron chi connectivity index (χ4n) is 2.62. The first-order chi connectivity index (χ1) is 9.80. The zero-order valence-electron chi connectivity index (χ0n) is 12.1. The summed E-state index contributed by atoms with van der Waals surface area (Å²) in [5, 5.41) is 0. The van der Waals surface area contributed by atoms with Gasteiger partial charge in [-0.1, -0.05) is 6.07 Å². The molecule has 0 bridgehead atoms. The van der Waals surface area contributed by atoms with E-state index in [-0.39, 0.29) is 11.6 Å². The first kappa shape index (κ1) is 15.8. The molecule has 1 aromatic carbocycles. The van der Waals surface area contributed by atoms with Gasteiger partial charge in [-0.05, 0) is 38.0 Å². The van der Waals surface area contributed by atoms with Gasteiger partial charge in [-0.3, -0.25) is 9.10 Å². The molecular formula is C14H19FN2O3S. The third kappa shape index (κ3) is 3.53. The van der Waals surface area contributed by atoms with Crippen molar-refractivity contribution in [2.24, 2.45) is 0 Å². The Morgan fingerprint density at radius 3 is 2.48 bits per heavy atom. The van der Waals surface area contributed by atoms with E-state index in [1.165, 1.54) is 25.1 Å². The minimum absolute atomic E-state index is 0.164. The molecular weight excluding hydrogens is 295 g/mol. The normalized spacial score (nSPS) is 16.8. The Labute approximate surface area is 124 Å². The number of anilines is 1. The number of sulfonamides is 1. The second-order valence-corrected chi connectivity index (χ2v) is 7.11. The lowest BCUT2D eigenvalue weighted by Gasteiger charge is -2.31. The lowest BCUT2D eigenvalue weighted by atomic mass is 10.2. The summed E-state index contributed by atoms with van der Waals surface area (Å²) in [4.78, 5) is 14.1. The molecule has 0 aliphatic carbocycles. The van der Waals surface area contributed by atoms with E-state index in [0.717, 1.165) is 29.5 Å².